The second-order valence-corrected chi connectivity index (χ2v) is 5.80. The van der Waals surface area contributed by atoms with Crippen LogP contribution in [0.2, 0.25) is 0 Å². The Hall–Kier alpha value is -1.34. The summed E-state index contributed by atoms with van der Waals surface area (Å²) in [5.41, 5.74) is 1.56. The molecule has 0 radical (unpaired) electrons. The molecule has 2 unspecified atom stereocenters. The molecule has 0 bridgehead atoms. The van der Waals surface area contributed by atoms with Crippen molar-refractivity contribution in [3.05, 3.63) is 27.4 Å². The van der Waals surface area contributed by atoms with Gasteiger partial charge in [-0.3, -0.25) is 4.79 Å². The second kappa shape index (κ2) is 7.44. The van der Waals surface area contributed by atoms with Crippen molar-refractivity contribution in [3.8, 4) is 0 Å². The number of carbonyl (C=O) groups is 1. The minimum atomic E-state index is -0.403. The van der Waals surface area contributed by atoms with E-state index in [1.807, 2.05) is 13.2 Å². The van der Waals surface area contributed by atoms with Crippen LogP contribution in [0, 0.1) is 13.8 Å². The van der Waals surface area contributed by atoms with Crippen LogP contribution >= 0.6 is 11.8 Å². The maximum atomic E-state index is 12.0. The van der Waals surface area contributed by atoms with Gasteiger partial charge in [0.25, 0.3) is 0 Å². The van der Waals surface area contributed by atoms with E-state index in [9.17, 15) is 14.7 Å². The van der Waals surface area contributed by atoms with Crippen molar-refractivity contribution in [3.63, 3.8) is 0 Å². The lowest BCUT2D eigenvalue weighted by Gasteiger charge is -2.21. The van der Waals surface area contributed by atoms with E-state index in [1.165, 1.54) is 11.8 Å². The van der Waals surface area contributed by atoms with Crippen LogP contribution in [0.3, 0.4) is 0 Å². The molecule has 0 saturated heterocycles. The Morgan fingerprint density at radius 1 is 1.50 bits per heavy atom. The highest BCUT2D eigenvalue weighted by atomic mass is 32.2. The molecule has 1 amide bonds. The molecular formula is C13H21N3O3S. The fourth-order valence-electron chi connectivity index (χ4n) is 2.01. The summed E-state index contributed by atoms with van der Waals surface area (Å²) in [5.74, 6) is -0.148. The Morgan fingerprint density at radius 3 is 2.65 bits per heavy atom. The number of aryl methyl sites for hydroxylation is 2. The van der Waals surface area contributed by atoms with Crippen molar-refractivity contribution < 1.29 is 9.90 Å². The molecule has 1 aromatic rings. The first kappa shape index (κ1) is 16.7. The Morgan fingerprint density at radius 2 is 2.15 bits per heavy atom. The van der Waals surface area contributed by atoms with E-state index < -0.39 is 5.69 Å². The van der Waals surface area contributed by atoms with Crippen LogP contribution in [0.5, 0.6) is 0 Å². The molecule has 20 heavy (non-hydrogen) atoms. The molecule has 112 valence electrons. The van der Waals surface area contributed by atoms with Crippen molar-refractivity contribution >= 4 is 17.7 Å². The minimum absolute atomic E-state index is 0.0148. The molecule has 6 nitrogen and oxygen atoms in total. The average molecular weight is 299 g/mol. The van der Waals surface area contributed by atoms with Gasteiger partial charge in [-0.1, -0.05) is 0 Å². The zero-order valence-corrected chi connectivity index (χ0v) is 13.0. The molecule has 0 aromatic carbocycles. The van der Waals surface area contributed by atoms with Gasteiger partial charge in [0.2, 0.25) is 5.91 Å². The number of amides is 1. The van der Waals surface area contributed by atoms with Crippen LogP contribution in [-0.2, 0) is 11.2 Å². The van der Waals surface area contributed by atoms with Gasteiger partial charge in [-0.25, -0.2) is 4.79 Å². The van der Waals surface area contributed by atoms with E-state index in [0.717, 1.165) is 5.56 Å². The topological polar surface area (TPSA) is 95.1 Å². The summed E-state index contributed by atoms with van der Waals surface area (Å²) in [6, 6.07) is -0.126. The Bertz CT molecular complexity index is 500. The first-order valence-corrected chi connectivity index (χ1v) is 7.67. The first-order chi connectivity index (χ1) is 9.38. The third-order valence-corrected chi connectivity index (χ3v) is 4.38. The maximum Gasteiger partial charge on any atom is 0.345 e. The molecule has 0 spiro atoms. The van der Waals surface area contributed by atoms with E-state index in [4.69, 9.17) is 0 Å². The first-order valence-electron chi connectivity index (χ1n) is 6.38. The molecule has 1 heterocycles. The smallest absolute Gasteiger partial charge is 0.345 e. The third kappa shape index (κ3) is 4.35. The Balaban J connectivity index is 2.75. The van der Waals surface area contributed by atoms with Gasteiger partial charge in [0, 0.05) is 28.2 Å². The quantitative estimate of drug-likeness (QED) is 0.695. The summed E-state index contributed by atoms with van der Waals surface area (Å²) in [6.07, 6.45) is 2.06. The number of carbonyl (C=O) groups excluding carboxylic acids is 1. The molecular weight excluding hydrogens is 278 g/mol. The number of hydrogen-bond acceptors (Lipinski definition) is 5. The number of aromatic amines is 1. The Kier molecular flexibility index (Phi) is 6.22. The van der Waals surface area contributed by atoms with E-state index in [-0.39, 0.29) is 30.2 Å². The largest absolute Gasteiger partial charge is 0.395 e. The molecule has 7 heteroatoms. The van der Waals surface area contributed by atoms with Crippen molar-refractivity contribution in [2.75, 3.05) is 12.9 Å². The van der Waals surface area contributed by atoms with E-state index in [1.54, 1.807) is 13.8 Å². The Labute approximate surface area is 122 Å². The van der Waals surface area contributed by atoms with Crippen LogP contribution < -0.4 is 11.0 Å². The van der Waals surface area contributed by atoms with Crippen molar-refractivity contribution in [2.45, 2.75) is 38.5 Å². The summed E-state index contributed by atoms with van der Waals surface area (Å²) in [7, 11) is 0. The maximum absolute atomic E-state index is 12.0. The predicted octanol–water partition coefficient (Wildman–Crippen LogP) is 0.158. The van der Waals surface area contributed by atoms with Crippen molar-refractivity contribution in [2.24, 2.45) is 0 Å². The highest BCUT2D eigenvalue weighted by Crippen LogP contribution is 2.11. The number of aliphatic hydroxyl groups is 1. The van der Waals surface area contributed by atoms with Gasteiger partial charge < -0.3 is 15.4 Å². The zero-order chi connectivity index (χ0) is 15.3. The molecule has 1 aromatic heterocycles. The number of nitrogens with zero attached hydrogens (tertiary/aromatic N) is 1. The average Bonchev–Trinajstić information content (AvgIpc) is 2.35. The number of H-pyrrole nitrogens is 1. The summed E-state index contributed by atoms with van der Waals surface area (Å²) in [4.78, 5) is 29.6. The van der Waals surface area contributed by atoms with Crippen LogP contribution in [0.4, 0.5) is 0 Å². The second-order valence-electron chi connectivity index (χ2n) is 4.72. The lowest BCUT2D eigenvalue weighted by Crippen LogP contribution is -2.42. The number of aliphatic hydroxyl groups excluding tert-OH is 1. The van der Waals surface area contributed by atoms with Gasteiger partial charge in [-0.05, 0) is 27.0 Å². The summed E-state index contributed by atoms with van der Waals surface area (Å²) in [6.45, 7) is 5.34. The summed E-state index contributed by atoms with van der Waals surface area (Å²) < 4.78 is 0. The van der Waals surface area contributed by atoms with Crippen LogP contribution in [0.15, 0.2) is 4.79 Å². The molecule has 2 atom stereocenters. The minimum Gasteiger partial charge on any atom is -0.395 e. The van der Waals surface area contributed by atoms with Crippen LogP contribution in [0.1, 0.15) is 23.9 Å². The molecule has 0 saturated carbocycles. The monoisotopic (exact) mass is 299 g/mol. The zero-order valence-electron chi connectivity index (χ0n) is 12.2. The number of aromatic nitrogens is 2. The lowest BCUT2D eigenvalue weighted by molar-refractivity contribution is -0.121. The van der Waals surface area contributed by atoms with Gasteiger partial charge in [0.1, 0.15) is 0 Å². The van der Waals surface area contributed by atoms with Gasteiger partial charge in [-0.2, -0.15) is 16.7 Å². The van der Waals surface area contributed by atoms with Gasteiger partial charge in [-0.15, -0.1) is 0 Å². The third-order valence-electron chi connectivity index (χ3n) is 3.22. The summed E-state index contributed by atoms with van der Waals surface area (Å²) >= 11 is 1.51. The number of hydrogen-bond donors (Lipinski definition) is 3. The number of thioether (sulfide) groups is 1. The molecule has 3 N–H and O–H groups in total. The van der Waals surface area contributed by atoms with Gasteiger partial charge in [0.15, 0.2) is 0 Å². The molecule has 0 fully saturated rings. The molecule has 0 aliphatic carbocycles. The fourth-order valence-corrected chi connectivity index (χ4v) is 2.64. The van der Waals surface area contributed by atoms with Crippen LogP contribution in [-0.4, -0.2) is 45.1 Å². The fraction of sp³-hybridized carbons (Fsp3) is 0.615. The van der Waals surface area contributed by atoms with Crippen LogP contribution in [0.25, 0.3) is 0 Å². The van der Waals surface area contributed by atoms with Crippen molar-refractivity contribution in [1.82, 2.24) is 15.3 Å². The number of nitrogens with one attached hydrogen (secondary N) is 2. The number of rotatable bonds is 6. The standard InChI is InChI=1S/C13H21N3O3S/c1-7-10(8(2)16-13(19)15-7)5-12(18)14-9(3)11(6-17)20-4/h9,11,17H,5-6H2,1-4H3,(H,14,18)(H,15,16,19). The summed E-state index contributed by atoms with van der Waals surface area (Å²) in [5, 5.41) is 12.0. The predicted molar refractivity (Wildman–Crippen MR) is 80.0 cm³/mol. The highest BCUT2D eigenvalue weighted by molar-refractivity contribution is 7.99. The SMILES string of the molecule is CSC(CO)C(C)NC(=O)Cc1c(C)nc(=O)[nH]c1C. The normalized spacial score (nSPS) is 13.8. The van der Waals surface area contributed by atoms with E-state index in [0.29, 0.717) is 11.4 Å². The molecule has 1 rings (SSSR count). The van der Waals surface area contributed by atoms with E-state index >= 15 is 0 Å². The van der Waals surface area contributed by atoms with Crippen molar-refractivity contribution in [1.29, 1.82) is 0 Å². The van der Waals surface area contributed by atoms with Gasteiger partial charge in [0.05, 0.1) is 13.0 Å². The molecule has 0 aliphatic heterocycles. The lowest BCUT2D eigenvalue weighted by atomic mass is 10.1. The molecule has 0 aliphatic rings. The highest BCUT2D eigenvalue weighted by Gasteiger charge is 2.18. The van der Waals surface area contributed by atoms with E-state index in [2.05, 4.69) is 15.3 Å². The van der Waals surface area contributed by atoms with Gasteiger partial charge >= 0.3 is 5.69 Å².